The van der Waals surface area contributed by atoms with Crippen LogP contribution in [0.25, 0.3) is 0 Å². The molecule has 1 aliphatic rings. The maximum atomic E-state index is 12.7. The zero-order chi connectivity index (χ0) is 9.41. The molecule has 0 bridgehead atoms. The number of rotatable bonds is 1. The molecule has 3 unspecified atom stereocenters. The van der Waals surface area contributed by atoms with Crippen LogP contribution in [0.2, 0.25) is 0 Å². The number of halogens is 1. The highest BCUT2D eigenvalue weighted by molar-refractivity contribution is 7.48. The molecule has 0 N–H and O–H groups in total. The van der Waals surface area contributed by atoms with Gasteiger partial charge in [-0.1, -0.05) is 13.8 Å². The molecular formula is C7H14FO3P. The van der Waals surface area contributed by atoms with Crippen molar-refractivity contribution in [2.24, 2.45) is 5.41 Å². The summed E-state index contributed by atoms with van der Waals surface area (Å²) in [7, 11) is -4.24. The highest BCUT2D eigenvalue weighted by Crippen LogP contribution is 2.57. The summed E-state index contributed by atoms with van der Waals surface area (Å²) in [6.45, 7) is 5.78. The van der Waals surface area contributed by atoms with Gasteiger partial charge in [-0.3, -0.25) is 9.05 Å². The zero-order valence-corrected chi connectivity index (χ0v) is 8.44. The van der Waals surface area contributed by atoms with Crippen LogP contribution < -0.4 is 0 Å². The van der Waals surface area contributed by atoms with Gasteiger partial charge in [-0.15, -0.1) is 4.20 Å². The van der Waals surface area contributed by atoms with E-state index in [0.717, 1.165) is 6.42 Å². The molecule has 0 radical (unpaired) electrons. The summed E-state index contributed by atoms with van der Waals surface area (Å²) in [6, 6.07) is 0. The van der Waals surface area contributed by atoms with Crippen molar-refractivity contribution >= 4 is 7.91 Å². The Balaban J connectivity index is 2.72. The second-order valence-electron chi connectivity index (χ2n) is 3.46. The second-order valence-corrected chi connectivity index (χ2v) is 4.79. The van der Waals surface area contributed by atoms with Crippen molar-refractivity contribution in [3.8, 4) is 0 Å². The van der Waals surface area contributed by atoms with E-state index in [1.807, 2.05) is 13.8 Å². The topological polar surface area (TPSA) is 35.5 Å². The van der Waals surface area contributed by atoms with E-state index in [1.165, 1.54) is 0 Å². The van der Waals surface area contributed by atoms with E-state index in [-0.39, 0.29) is 18.1 Å². The fourth-order valence-electron chi connectivity index (χ4n) is 1.08. The molecule has 1 aliphatic heterocycles. The van der Waals surface area contributed by atoms with Gasteiger partial charge >= 0.3 is 7.91 Å². The average Bonchev–Trinajstić information content (AvgIpc) is 1.97. The Hall–Kier alpha value is 0.0800. The molecule has 1 heterocycles. The lowest BCUT2D eigenvalue weighted by Gasteiger charge is -2.38. The van der Waals surface area contributed by atoms with Crippen molar-refractivity contribution in [1.82, 2.24) is 0 Å². The maximum absolute atomic E-state index is 12.7. The first-order chi connectivity index (χ1) is 5.40. The summed E-state index contributed by atoms with van der Waals surface area (Å²) < 4.78 is 32.6. The normalized spacial score (nSPS) is 49.2. The van der Waals surface area contributed by atoms with Gasteiger partial charge in [-0.25, -0.2) is 4.57 Å². The fourth-order valence-corrected chi connectivity index (χ4v) is 2.22. The molecule has 0 saturated carbocycles. The monoisotopic (exact) mass is 196 g/mol. The summed E-state index contributed by atoms with van der Waals surface area (Å²) in [4.78, 5) is 0. The molecule has 12 heavy (non-hydrogen) atoms. The van der Waals surface area contributed by atoms with E-state index in [1.54, 1.807) is 6.92 Å². The highest BCUT2D eigenvalue weighted by atomic mass is 31.2. The molecule has 0 aliphatic carbocycles. The Kier molecular flexibility index (Phi) is 2.62. The molecule has 0 aromatic rings. The largest absolute Gasteiger partial charge is 0.513 e. The number of hydrogen-bond donors (Lipinski definition) is 0. The molecule has 72 valence electrons. The number of hydrogen-bond acceptors (Lipinski definition) is 3. The third-order valence-corrected chi connectivity index (χ3v) is 3.63. The predicted octanol–water partition coefficient (Wildman–Crippen LogP) is 2.92. The van der Waals surface area contributed by atoms with Crippen LogP contribution in [0.3, 0.4) is 0 Å². The van der Waals surface area contributed by atoms with Crippen LogP contribution in [-0.4, -0.2) is 12.7 Å². The van der Waals surface area contributed by atoms with Crippen molar-refractivity contribution in [2.75, 3.05) is 6.61 Å². The Bertz CT molecular complexity index is 221. The van der Waals surface area contributed by atoms with Crippen molar-refractivity contribution in [2.45, 2.75) is 33.3 Å². The van der Waals surface area contributed by atoms with Crippen LogP contribution in [0.15, 0.2) is 0 Å². The molecule has 1 saturated heterocycles. The van der Waals surface area contributed by atoms with Crippen molar-refractivity contribution in [3.05, 3.63) is 0 Å². The molecule has 3 nitrogen and oxygen atoms in total. The Morgan fingerprint density at radius 2 is 2.33 bits per heavy atom. The van der Waals surface area contributed by atoms with Gasteiger partial charge in [0, 0.05) is 5.41 Å². The SMILES string of the molecule is CCC1(C)COP(=O)(F)OC1C. The lowest BCUT2D eigenvalue weighted by atomic mass is 9.83. The molecule has 0 aromatic carbocycles. The summed E-state index contributed by atoms with van der Waals surface area (Å²) in [5, 5.41) is 0. The Morgan fingerprint density at radius 3 is 2.75 bits per heavy atom. The minimum atomic E-state index is -4.24. The van der Waals surface area contributed by atoms with E-state index in [2.05, 4.69) is 9.05 Å². The molecule has 0 spiro atoms. The van der Waals surface area contributed by atoms with E-state index in [4.69, 9.17) is 0 Å². The Morgan fingerprint density at radius 1 is 1.75 bits per heavy atom. The first-order valence-corrected chi connectivity index (χ1v) is 5.45. The summed E-state index contributed by atoms with van der Waals surface area (Å²) in [5.74, 6) is 0. The highest BCUT2D eigenvalue weighted by Gasteiger charge is 2.44. The van der Waals surface area contributed by atoms with E-state index < -0.39 is 7.91 Å². The molecule has 0 aromatic heterocycles. The molecular weight excluding hydrogens is 182 g/mol. The zero-order valence-electron chi connectivity index (χ0n) is 7.54. The van der Waals surface area contributed by atoms with Gasteiger partial charge in [-0.05, 0) is 13.3 Å². The third-order valence-electron chi connectivity index (χ3n) is 2.62. The van der Waals surface area contributed by atoms with E-state index >= 15 is 0 Å². The lowest BCUT2D eigenvalue weighted by Crippen LogP contribution is -2.38. The molecule has 0 amide bonds. The van der Waals surface area contributed by atoms with Gasteiger partial charge in [0.15, 0.2) is 0 Å². The van der Waals surface area contributed by atoms with Crippen LogP contribution >= 0.6 is 7.91 Å². The first kappa shape index (κ1) is 10.2. The summed E-state index contributed by atoms with van der Waals surface area (Å²) >= 11 is 0. The minimum Gasteiger partial charge on any atom is -0.283 e. The molecule has 1 rings (SSSR count). The van der Waals surface area contributed by atoms with Crippen molar-refractivity contribution in [3.63, 3.8) is 0 Å². The van der Waals surface area contributed by atoms with Gasteiger partial charge in [0.05, 0.1) is 12.7 Å². The summed E-state index contributed by atoms with van der Waals surface area (Å²) in [5.41, 5.74) is -0.222. The van der Waals surface area contributed by atoms with Crippen LogP contribution in [0.5, 0.6) is 0 Å². The average molecular weight is 196 g/mol. The summed E-state index contributed by atoms with van der Waals surface area (Å²) in [6.07, 6.45) is 0.459. The van der Waals surface area contributed by atoms with Gasteiger partial charge < -0.3 is 0 Å². The quantitative estimate of drug-likeness (QED) is 0.605. The Labute approximate surface area is 71.9 Å². The van der Waals surface area contributed by atoms with Gasteiger partial charge in [-0.2, -0.15) is 0 Å². The van der Waals surface area contributed by atoms with Crippen LogP contribution in [0.4, 0.5) is 4.20 Å². The minimum absolute atomic E-state index is 0.165. The first-order valence-electron chi connectivity index (χ1n) is 4.02. The fraction of sp³-hybridized carbons (Fsp3) is 1.00. The van der Waals surface area contributed by atoms with Gasteiger partial charge in [0.25, 0.3) is 0 Å². The van der Waals surface area contributed by atoms with Crippen LogP contribution in [-0.2, 0) is 13.6 Å². The van der Waals surface area contributed by atoms with Gasteiger partial charge in [0.1, 0.15) is 0 Å². The molecule has 3 atom stereocenters. The molecule has 5 heteroatoms. The van der Waals surface area contributed by atoms with Crippen LogP contribution in [0, 0.1) is 5.41 Å². The maximum Gasteiger partial charge on any atom is 0.513 e. The predicted molar refractivity (Wildman–Crippen MR) is 43.6 cm³/mol. The molecule has 1 fully saturated rings. The lowest BCUT2D eigenvalue weighted by molar-refractivity contribution is -0.0394. The van der Waals surface area contributed by atoms with Crippen molar-refractivity contribution < 1.29 is 17.8 Å². The van der Waals surface area contributed by atoms with E-state index in [0.29, 0.717) is 0 Å². The van der Waals surface area contributed by atoms with Gasteiger partial charge in [0.2, 0.25) is 0 Å². The van der Waals surface area contributed by atoms with Crippen LogP contribution in [0.1, 0.15) is 27.2 Å². The van der Waals surface area contributed by atoms with E-state index in [9.17, 15) is 8.76 Å². The second kappa shape index (κ2) is 3.09. The smallest absolute Gasteiger partial charge is 0.283 e. The third kappa shape index (κ3) is 1.87. The standard InChI is InChI=1S/C7H14FO3P/c1-4-7(3)5-10-12(8,9)11-6(7)2/h6H,4-5H2,1-3H3. The van der Waals surface area contributed by atoms with Crippen molar-refractivity contribution in [1.29, 1.82) is 0 Å².